The third-order valence-electron chi connectivity index (χ3n) is 2.55. The van der Waals surface area contributed by atoms with Gasteiger partial charge in [-0.2, -0.15) is 0 Å². The van der Waals surface area contributed by atoms with Crippen molar-refractivity contribution in [3.05, 3.63) is 34.9 Å². The van der Waals surface area contributed by atoms with Gasteiger partial charge in [-0.25, -0.2) is 0 Å². The molecular formula is C12H15ClN2OS. The second-order valence-corrected chi connectivity index (χ2v) is 4.91. The number of thiocarbonyl (C=S) groups is 1. The summed E-state index contributed by atoms with van der Waals surface area (Å²) < 4.78 is 0. The molecule has 0 saturated carbocycles. The van der Waals surface area contributed by atoms with Crippen molar-refractivity contribution in [1.82, 2.24) is 4.90 Å². The SMILES string of the molecule is CC(CC(N)=S)N(C)C(=O)c1cccc(Cl)c1. The summed E-state index contributed by atoms with van der Waals surface area (Å²) in [6.45, 7) is 1.90. The second kappa shape index (κ2) is 5.98. The lowest BCUT2D eigenvalue weighted by molar-refractivity contribution is 0.0748. The highest BCUT2D eigenvalue weighted by Gasteiger charge is 2.18. The average molecular weight is 271 g/mol. The van der Waals surface area contributed by atoms with Crippen molar-refractivity contribution in [2.75, 3.05) is 7.05 Å². The Balaban J connectivity index is 2.79. The van der Waals surface area contributed by atoms with Gasteiger partial charge in [0.25, 0.3) is 5.91 Å². The van der Waals surface area contributed by atoms with Gasteiger partial charge in [0.15, 0.2) is 0 Å². The third kappa shape index (κ3) is 3.98. The Morgan fingerprint density at radius 3 is 2.76 bits per heavy atom. The van der Waals surface area contributed by atoms with E-state index in [0.717, 1.165) is 0 Å². The molecule has 0 saturated heterocycles. The van der Waals surface area contributed by atoms with Crippen molar-refractivity contribution < 1.29 is 4.79 Å². The Bertz CT molecular complexity index is 436. The number of nitrogens with two attached hydrogens (primary N) is 1. The summed E-state index contributed by atoms with van der Waals surface area (Å²) in [5.41, 5.74) is 6.03. The highest BCUT2D eigenvalue weighted by atomic mass is 35.5. The zero-order valence-corrected chi connectivity index (χ0v) is 11.4. The van der Waals surface area contributed by atoms with Crippen molar-refractivity contribution in [2.45, 2.75) is 19.4 Å². The third-order valence-corrected chi connectivity index (χ3v) is 2.95. The van der Waals surface area contributed by atoms with Crippen molar-refractivity contribution in [2.24, 2.45) is 5.73 Å². The molecule has 0 radical (unpaired) electrons. The van der Waals surface area contributed by atoms with Gasteiger partial charge in [0.2, 0.25) is 0 Å². The van der Waals surface area contributed by atoms with Crippen LogP contribution in [0.5, 0.6) is 0 Å². The van der Waals surface area contributed by atoms with Gasteiger partial charge in [-0.1, -0.05) is 29.9 Å². The molecule has 0 aliphatic carbocycles. The van der Waals surface area contributed by atoms with Crippen molar-refractivity contribution in [3.63, 3.8) is 0 Å². The lowest BCUT2D eigenvalue weighted by atomic mass is 10.1. The monoisotopic (exact) mass is 270 g/mol. The number of nitrogens with zero attached hydrogens (tertiary/aromatic N) is 1. The normalized spacial score (nSPS) is 11.9. The van der Waals surface area contributed by atoms with E-state index in [1.54, 1.807) is 36.2 Å². The summed E-state index contributed by atoms with van der Waals surface area (Å²) >= 11 is 10.7. The van der Waals surface area contributed by atoms with Crippen LogP contribution in [0.1, 0.15) is 23.7 Å². The van der Waals surface area contributed by atoms with E-state index in [1.165, 1.54) is 0 Å². The van der Waals surface area contributed by atoms with Gasteiger partial charge in [-0.3, -0.25) is 4.79 Å². The number of hydrogen-bond donors (Lipinski definition) is 1. The fraction of sp³-hybridized carbons (Fsp3) is 0.333. The maximum atomic E-state index is 12.1. The summed E-state index contributed by atoms with van der Waals surface area (Å²) in [4.78, 5) is 14.1. The van der Waals surface area contributed by atoms with Crippen LogP contribution in [-0.2, 0) is 0 Å². The van der Waals surface area contributed by atoms with E-state index in [4.69, 9.17) is 29.6 Å². The molecule has 17 heavy (non-hydrogen) atoms. The van der Waals surface area contributed by atoms with E-state index in [1.807, 2.05) is 6.92 Å². The smallest absolute Gasteiger partial charge is 0.253 e. The number of rotatable bonds is 4. The maximum absolute atomic E-state index is 12.1. The molecule has 0 fully saturated rings. The fourth-order valence-corrected chi connectivity index (χ4v) is 1.88. The Morgan fingerprint density at radius 2 is 2.24 bits per heavy atom. The topological polar surface area (TPSA) is 46.3 Å². The number of amides is 1. The Labute approximate surface area is 112 Å². The van der Waals surface area contributed by atoms with Gasteiger partial charge < -0.3 is 10.6 Å². The molecule has 92 valence electrons. The zero-order chi connectivity index (χ0) is 13.0. The minimum Gasteiger partial charge on any atom is -0.393 e. The summed E-state index contributed by atoms with van der Waals surface area (Å²) in [6.07, 6.45) is 0.512. The van der Waals surface area contributed by atoms with Crippen LogP contribution in [0.25, 0.3) is 0 Å². The van der Waals surface area contributed by atoms with Gasteiger partial charge in [-0.05, 0) is 25.1 Å². The fourth-order valence-electron chi connectivity index (χ4n) is 1.45. The molecule has 1 atom stereocenters. The predicted molar refractivity (Wildman–Crippen MR) is 74.4 cm³/mol. The molecular weight excluding hydrogens is 256 g/mol. The van der Waals surface area contributed by atoms with Crippen LogP contribution < -0.4 is 5.73 Å². The number of carbonyl (C=O) groups excluding carboxylic acids is 1. The van der Waals surface area contributed by atoms with E-state index < -0.39 is 0 Å². The van der Waals surface area contributed by atoms with Crippen molar-refractivity contribution in [1.29, 1.82) is 0 Å². The summed E-state index contributed by atoms with van der Waals surface area (Å²) in [6, 6.07) is 6.84. The molecule has 0 aliphatic heterocycles. The maximum Gasteiger partial charge on any atom is 0.253 e. The first-order chi connectivity index (χ1) is 7.91. The minimum atomic E-state index is -0.0868. The standard InChI is InChI=1S/C12H15ClN2OS/c1-8(6-11(14)17)15(2)12(16)9-4-3-5-10(13)7-9/h3-5,7-8H,6H2,1-2H3,(H2,14,17). The number of hydrogen-bond acceptors (Lipinski definition) is 2. The Morgan fingerprint density at radius 1 is 1.59 bits per heavy atom. The zero-order valence-electron chi connectivity index (χ0n) is 9.81. The van der Waals surface area contributed by atoms with Crippen LogP contribution in [0.4, 0.5) is 0 Å². The van der Waals surface area contributed by atoms with Gasteiger partial charge in [-0.15, -0.1) is 0 Å². The lowest BCUT2D eigenvalue weighted by Gasteiger charge is -2.24. The molecule has 1 aromatic carbocycles. The van der Waals surface area contributed by atoms with Crippen LogP contribution >= 0.6 is 23.8 Å². The highest BCUT2D eigenvalue weighted by Crippen LogP contribution is 2.14. The number of carbonyl (C=O) groups is 1. The molecule has 0 bridgehead atoms. The largest absolute Gasteiger partial charge is 0.393 e. The molecule has 0 spiro atoms. The first-order valence-corrected chi connectivity index (χ1v) is 6.01. The Kier molecular flexibility index (Phi) is 4.90. The van der Waals surface area contributed by atoms with E-state index >= 15 is 0 Å². The van der Waals surface area contributed by atoms with Crippen LogP contribution in [-0.4, -0.2) is 28.9 Å². The quantitative estimate of drug-likeness (QED) is 0.855. The molecule has 3 nitrogen and oxygen atoms in total. The van der Waals surface area contributed by atoms with E-state index in [0.29, 0.717) is 22.0 Å². The molecule has 1 rings (SSSR count). The van der Waals surface area contributed by atoms with Gasteiger partial charge in [0.05, 0.1) is 4.99 Å². The molecule has 1 amide bonds. The van der Waals surface area contributed by atoms with Crippen LogP contribution in [0.15, 0.2) is 24.3 Å². The second-order valence-electron chi connectivity index (χ2n) is 3.95. The number of benzene rings is 1. The Hall–Kier alpha value is -1.13. The predicted octanol–water partition coefficient (Wildman–Crippen LogP) is 2.48. The van der Waals surface area contributed by atoms with Crippen LogP contribution in [0.2, 0.25) is 5.02 Å². The molecule has 0 heterocycles. The van der Waals surface area contributed by atoms with Gasteiger partial charge >= 0.3 is 0 Å². The molecule has 0 aromatic heterocycles. The molecule has 2 N–H and O–H groups in total. The average Bonchev–Trinajstić information content (AvgIpc) is 2.26. The molecule has 5 heteroatoms. The summed E-state index contributed by atoms with van der Waals surface area (Å²) in [5.74, 6) is -0.0868. The van der Waals surface area contributed by atoms with Crippen molar-refractivity contribution >= 4 is 34.7 Å². The minimum absolute atomic E-state index is 0.0287. The molecule has 1 unspecified atom stereocenters. The van der Waals surface area contributed by atoms with E-state index in [9.17, 15) is 4.79 Å². The van der Waals surface area contributed by atoms with E-state index in [-0.39, 0.29) is 11.9 Å². The van der Waals surface area contributed by atoms with Crippen molar-refractivity contribution in [3.8, 4) is 0 Å². The molecule has 1 aromatic rings. The van der Waals surface area contributed by atoms with Gasteiger partial charge in [0.1, 0.15) is 0 Å². The first kappa shape index (κ1) is 13.9. The van der Waals surface area contributed by atoms with Gasteiger partial charge in [0, 0.05) is 30.1 Å². The summed E-state index contributed by atoms with van der Waals surface area (Å²) in [7, 11) is 1.73. The van der Waals surface area contributed by atoms with Crippen LogP contribution in [0, 0.1) is 0 Å². The first-order valence-electron chi connectivity index (χ1n) is 5.23. The lowest BCUT2D eigenvalue weighted by Crippen LogP contribution is -2.37. The highest BCUT2D eigenvalue weighted by molar-refractivity contribution is 7.80. The van der Waals surface area contributed by atoms with E-state index in [2.05, 4.69) is 0 Å². The number of halogens is 1. The molecule has 0 aliphatic rings. The van der Waals surface area contributed by atoms with Crippen LogP contribution in [0.3, 0.4) is 0 Å². The summed E-state index contributed by atoms with van der Waals surface area (Å²) in [5, 5.41) is 0.547.